The number of rotatable bonds is 7. The van der Waals surface area contributed by atoms with Crippen molar-refractivity contribution in [1.29, 1.82) is 10.5 Å². The molecule has 0 saturated carbocycles. The Labute approximate surface area is 163 Å². The van der Waals surface area contributed by atoms with Crippen molar-refractivity contribution >= 4 is 23.6 Å². The van der Waals surface area contributed by atoms with Crippen molar-refractivity contribution < 1.29 is 9.59 Å². The van der Waals surface area contributed by atoms with Crippen LogP contribution in [0, 0.1) is 34.0 Å². The number of nitrogens with one attached hydrogen (secondary N) is 2. The summed E-state index contributed by atoms with van der Waals surface area (Å²) in [7, 11) is 0. The van der Waals surface area contributed by atoms with Crippen LogP contribution in [-0.2, 0) is 16.0 Å². The van der Waals surface area contributed by atoms with E-state index in [9.17, 15) is 20.1 Å². The SMILES string of the molecule is CC1(C)C(C#N)=C(SCC(=O)NCCCc2ccccc2)NC(=O)[C@H]1C#N. The summed E-state index contributed by atoms with van der Waals surface area (Å²) in [6.45, 7) is 3.96. The molecule has 1 atom stereocenters. The monoisotopic (exact) mass is 382 g/mol. The number of thioether (sulfide) groups is 1. The predicted molar refractivity (Wildman–Crippen MR) is 104 cm³/mol. The zero-order valence-corrected chi connectivity index (χ0v) is 16.2. The Morgan fingerprint density at radius 3 is 2.63 bits per heavy atom. The molecule has 2 amide bonds. The maximum Gasteiger partial charge on any atom is 0.243 e. The second-order valence-electron chi connectivity index (χ2n) is 6.82. The van der Waals surface area contributed by atoms with Crippen molar-refractivity contribution in [3.63, 3.8) is 0 Å². The first-order valence-corrected chi connectivity index (χ1v) is 9.67. The molecule has 140 valence electrons. The van der Waals surface area contributed by atoms with E-state index in [1.54, 1.807) is 13.8 Å². The van der Waals surface area contributed by atoms with E-state index in [0.717, 1.165) is 24.6 Å². The molecule has 27 heavy (non-hydrogen) atoms. The van der Waals surface area contributed by atoms with Crippen LogP contribution in [0.2, 0.25) is 0 Å². The van der Waals surface area contributed by atoms with Gasteiger partial charge in [0.25, 0.3) is 0 Å². The zero-order chi connectivity index (χ0) is 19.9. The first-order valence-electron chi connectivity index (χ1n) is 8.69. The minimum atomic E-state index is -0.927. The first-order chi connectivity index (χ1) is 12.9. The maximum absolute atomic E-state index is 12.1. The van der Waals surface area contributed by atoms with Gasteiger partial charge >= 0.3 is 0 Å². The topological polar surface area (TPSA) is 106 Å². The molecule has 1 aliphatic rings. The lowest BCUT2D eigenvalue weighted by molar-refractivity contribution is -0.125. The van der Waals surface area contributed by atoms with Crippen molar-refractivity contribution in [1.82, 2.24) is 10.6 Å². The molecular formula is C20H22N4O2S. The smallest absolute Gasteiger partial charge is 0.243 e. The van der Waals surface area contributed by atoms with Gasteiger partial charge in [0.15, 0.2) is 0 Å². The summed E-state index contributed by atoms with van der Waals surface area (Å²) in [5.74, 6) is -1.43. The van der Waals surface area contributed by atoms with E-state index in [2.05, 4.69) is 28.8 Å². The first kappa shape index (κ1) is 20.5. The van der Waals surface area contributed by atoms with Crippen LogP contribution in [0.4, 0.5) is 0 Å². The number of hydrogen-bond acceptors (Lipinski definition) is 5. The van der Waals surface area contributed by atoms with Gasteiger partial charge in [-0.25, -0.2) is 0 Å². The fourth-order valence-corrected chi connectivity index (χ4v) is 3.89. The largest absolute Gasteiger partial charge is 0.355 e. The summed E-state index contributed by atoms with van der Waals surface area (Å²) in [6, 6.07) is 14.1. The Kier molecular flexibility index (Phi) is 7.04. The molecule has 0 bridgehead atoms. The van der Waals surface area contributed by atoms with E-state index >= 15 is 0 Å². The minimum Gasteiger partial charge on any atom is -0.355 e. The number of nitriles is 2. The molecule has 0 radical (unpaired) electrons. The molecule has 0 fully saturated rings. The van der Waals surface area contributed by atoms with Crippen LogP contribution in [0.15, 0.2) is 40.9 Å². The van der Waals surface area contributed by atoms with Crippen molar-refractivity contribution in [2.24, 2.45) is 11.3 Å². The summed E-state index contributed by atoms with van der Waals surface area (Å²) >= 11 is 1.11. The number of hydrogen-bond donors (Lipinski definition) is 2. The third-order valence-electron chi connectivity index (χ3n) is 4.49. The Morgan fingerprint density at radius 1 is 1.30 bits per heavy atom. The van der Waals surface area contributed by atoms with Gasteiger partial charge in [-0.05, 0) is 18.4 Å². The van der Waals surface area contributed by atoms with E-state index in [1.165, 1.54) is 5.56 Å². The standard InChI is InChI=1S/C20H22N4O2S/c1-20(2)15(11-21)18(26)24-19(16(20)12-22)27-13-17(25)23-10-6-9-14-7-4-3-5-8-14/h3-5,7-8,15H,6,9-10,13H2,1-2H3,(H,23,25)(H,24,26)/t15-/m1/s1. The third kappa shape index (κ3) is 5.12. The molecule has 1 aromatic rings. The van der Waals surface area contributed by atoms with Gasteiger partial charge < -0.3 is 10.6 Å². The van der Waals surface area contributed by atoms with Gasteiger partial charge in [-0.2, -0.15) is 10.5 Å². The molecule has 0 unspecified atom stereocenters. The zero-order valence-electron chi connectivity index (χ0n) is 15.4. The lowest BCUT2D eigenvalue weighted by Gasteiger charge is -2.34. The molecule has 1 heterocycles. The van der Waals surface area contributed by atoms with Gasteiger partial charge in [0.05, 0.1) is 28.5 Å². The number of carbonyl (C=O) groups excluding carboxylic acids is 2. The van der Waals surface area contributed by atoms with E-state index in [4.69, 9.17) is 0 Å². The lowest BCUT2D eigenvalue weighted by Crippen LogP contribution is -2.44. The van der Waals surface area contributed by atoms with E-state index in [1.807, 2.05) is 24.3 Å². The number of allylic oxidation sites excluding steroid dienone is 1. The fraction of sp³-hybridized carbons (Fsp3) is 0.400. The molecule has 2 rings (SSSR count). The van der Waals surface area contributed by atoms with Gasteiger partial charge in [0.2, 0.25) is 11.8 Å². The average molecular weight is 382 g/mol. The third-order valence-corrected chi connectivity index (χ3v) is 5.49. The van der Waals surface area contributed by atoms with Crippen molar-refractivity contribution in [3.05, 3.63) is 46.5 Å². The molecule has 6 nitrogen and oxygen atoms in total. The number of carbonyl (C=O) groups is 2. The highest BCUT2D eigenvalue weighted by molar-refractivity contribution is 8.03. The van der Waals surface area contributed by atoms with Gasteiger partial charge in [-0.1, -0.05) is 55.9 Å². The summed E-state index contributed by atoms with van der Waals surface area (Å²) < 4.78 is 0. The van der Waals surface area contributed by atoms with Gasteiger partial charge in [-0.15, -0.1) is 0 Å². The Morgan fingerprint density at radius 2 is 2.00 bits per heavy atom. The van der Waals surface area contributed by atoms with Gasteiger partial charge in [0, 0.05) is 12.0 Å². The van der Waals surface area contributed by atoms with Crippen molar-refractivity contribution in [2.75, 3.05) is 12.3 Å². The summed E-state index contributed by atoms with van der Waals surface area (Å²) in [6.07, 6.45) is 1.72. The van der Waals surface area contributed by atoms with Crippen LogP contribution in [0.5, 0.6) is 0 Å². The highest BCUT2D eigenvalue weighted by atomic mass is 32.2. The molecule has 0 spiro atoms. The molecular weight excluding hydrogens is 360 g/mol. The lowest BCUT2D eigenvalue weighted by atomic mass is 9.72. The minimum absolute atomic E-state index is 0.0967. The normalized spacial score (nSPS) is 18.2. The Hall–Kier alpha value is -2.77. The summed E-state index contributed by atoms with van der Waals surface area (Å²) in [5.41, 5.74) is 0.667. The number of benzene rings is 1. The van der Waals surface area contributed by atoms with E-state index in [-0.39, 0.29) is 11.7 Å². The highest BCUT2D eigenvalue weighted by Crippen LogP contribution is 2.41. The molecule has 7 heteroatoms. The Bertz CT molecular complexity index is 819. The Balaban J connectivity index is 1.86. The van der Waals surface area contributed by atoms with Crippen LogP contribution in [0.3, 0.4) is 0 Å². The molecule has 0 aromatic heterocycles. The fourth-order valence-electron chi connectivity index (χ4n) is 2.89. The average Bonchev–Trinajstić information content (AvgIpc) is 2.64. The quantitative estimate of drug-likeness (QED) is 0.705. The maximum atomic E-state index is 12.1. The predicted octanol–water partition coefficient (Wildman–Crippen LogP) is 2.50. The highest BCUT2D eigenvalue weighted by Gasteiger charge is 2.44. The summed E-state index contributed by atoms with van der Waals surface area (Å²) in [5, 5.41) is 24.5. The van der Waals surface area contributed by atoms with Crippen LogP contribution < -0.4 is 10.6 Å². The van der Waals surface area contributed by atoms with Crippen LogP contribution in [0.25, 0.3) is 0 Å². The van der Waals surface area contributed by atoms with E-state index < -0.39 is 17.2 Å². The number of nitrogens with zero attached hydrogens (tertiary/aromatic N) is 2. The molecule has 0 saturated heterocycles. The van der Waals surface area contributed by atoms with E-state index in [0.29, 0.717) is 17.1 Å². The molecule has 1 aliphatic heterocycles. The van der Waals surface area contributed by atoms with Gasteiger partial charge in [-0.3, -0.25) is 9.59 Å². The van der Waals surface area contributed by atoms with Crippen LogP contribution in [-0.4, -0.2) is 24.1 Å². The second kappa shape index (κ2) is 9.25. The number of amides is 2. The summed E-state index contributed by atoms with van der Waals surface area (Å²) in [4.78, 5) is 24.2. The van der Waals surface area contributed by atoms with Gasteiger partial charge in [0.1, 0.15) is 5.92 Å². The second-order valence-corrected chi connectivity index (χ2v) is 7.80. The molecule has 1 aromatic carbocycles. The van der Waals surface area contributed by atoms with Crippen LogP contribution in [0.1, 0.15) is 25.8 Å². The van der Waals surface area contributed by atoms with Crippen molar-refractivity contribution in [3.8, 4) is 12.1 Å². The number of aryl methyl sites for hydroxylation is 1. The van der Waals surface area contributed by atoms with Crippen LogP contribution >= 0.6 is 11.8 Å². The molecule has 0 aliphatic carbocycles. The van der Waals surface area contributed by atoms with Crippen molar-refractivity contribution in [2.45, 2.75) is 26.7 Å². The molecule has 2 N–H and O–H groups in total.